The van der Waals surface area contributed by atoms with Crippen LogP contribution in [0.25, 0.3) is 15.9 Å². The number of nitrogens with one attached hydrogen (secondary N) is 3. The van der Waals surface area contributed by atoms with E-state index in [-0.39, 0.29) is 11.6 Å². The van der Waals surface area contributed by atoms with Crippen LogP contribution in [0.1, 0.15) is 12.1 Å². The van der Waals surface area contributed by atoms with Crippen LogP contribution in [0.5, 0.6) is 5.75 Å². The molecule has 5 rings (SSSR count). The normalized spacial score (nSPS) is 21.6. The minimum absolute atomic E-state index is 0.0576. The summed E-state index contributed by atoms with van der Waals surface area (Å²) in [5.74, 6) is 0.521. The molecule has 36 heavy (non-hydrogen) atoms. The minimum atomic E-state index is -0.546. The molecular weight excluding hydrogens is 469 g/mol. The molecule has 2 aromatic heterocycles. The molecule has 3 N–H and O–H groups in total. The monoisotopic (exact) mass is 498 g/mol. The minimum Gasteiger partial charge on any atom is -0.493 e. The van der Waals surface area contributed by atoms with E-state index in [4.69, 9.17) is 25.6 Å². The Labute approximate surface area is 207 Å². The van der Waals surface area contributed by atoms with Crippen LogP contribution in [0.3, 0.4) is 0 Å². The van der Waals surface area contributed by atoms with E-state index in [1.807, 2.05) is 6.92 Å². The smallest absolute Gasteiger partial charge is 0.309 e. The van der Waals surface area contributed by atoms with Crippen molar-refractivity contribution in [2.75, 3.05) is 47.1 Å². The Morgan fingerprint density at radius 3 is 2.92 bits per heavy atom. The molecule has 0 aromatic carbocycles. The Kier molecular flexibility index (Phi) is 6.63. The van der Waals surface area contributed by atoms with Crippen molar-refractivity contribution in [1.82, 2.24) is 25.9 Å². The van der Waals surface area contributed by atoms with Gasteiger partial charge >= 0.3 is 6.04 Å². The first kappa shape index (κ1) is 24.2. The molecule has 2 aliphatic heterocycles. The van der Waals surface area contributed by atoms with Gasteiger partial charge in [0.1, 0.15) is 11.2 Å². The summed E-state index contributed by atoms with van der Waals surface area (Å²) in [7, 11) is 3.07. The molecule has 11 nitrogen and oxygen atoms in total. The number of ether oxygens (including phenoxy) is 3. The molecule has 0 amide bonds. The first-order valence-electron chi connectivity index (χ1n) is 11.6. The van der Waals surface area contributed by atoms with E-state index in [0.29, 0.717) is 46.6 Å². The molecule has 2 fully saturated rings. The van der Waals surface area contributed by atoms with E-state index in [1.165, 1.54) is 13.3 Å². The molecule has 2 saturated heterocycles. The Hall–Kier alpha value is -3.50. The number of aryl methyl sites for hydroxylation is 1. The van der Waals surface area contributed by atoms with E-state index in [1.54, 1.807) is 19.2 Å². The molecule has 12 heteroatoms. The lowest BCUT2D eigenvalue weighted by Gasteiger charge is -2.54. The maximum atomic E-state index is 15.1. The number of rotatable bonds is 8. The van der Waals surface area contributed by atoms with Crippen LogP contribution in [-0.2, 0) is 14.3 Å². The molecule has 0 radical (unpaired) electrons. The van der Waals surface area contributed by atoms with Gasteiger partial charge in [-0.1, -0.05) is 4.85 Å². The molecule has 1 unspecified atom stereocenters. The van der Waals surface area contributed by atoms with Crippen LogP contribution >= 0.6 is 0 Å². The summed E-state index contributed by atoms with van der Waals surface area (Å²) in [6.45, 7) is 11.5. The van der Waals surface area contributed by atoms with Gasteiger partial charge in [-0.3, -0.25) is 4.99 Å². The van der Waals surface area contributed by atoms with Gasteiger partial charge in [-0.25, -0.2) is 19.8 Å². The number of hydrazine groups is 1. The lowest BCUT2D eigenvalue weighted by Crippen LogP contribution is -2.69. The summed E-state index contributed by atoms with van der Waals surface area (Å²) in [4.78, 5) is 21.2. The van der Waals surface area contributed by atoms with Gasteiger partial charge in [-0.2, -0.15) is 0 Å². The lowest BCUT2D eigenvalue weighted by atomic mass is 9.79. The van der Waals surface area contributed by atoms with Crippen molar-refractivity contribution >= 4 is 16.9 Å². The maximum absolute atomic E-state index is 15.1. The first-order chi connectivity index (χ1) is 17.4. The third kappa shape index (κ3) is 4.54. The number of hydrogen-bond donors (Lipinski definition) is 3. The van der Waals surface area contributed by atoms with E-state index >= 15 is 4.39 Å². The van der Waals surface area contributed by atoms with Crippen molar-refractivity contribution in [3.8, 4) is 12.3 Å². The highest BCUT2D eigenvalue weighted by Gasteiger charge is 2.49. The third-order valence-corrected chi connectivity index (χ3v) is 6.49. The van der Waals surface area contributed by atoms with Crippen molar-refractivity contribution in [3.63, 3.8) is 0 Å². The van der Waals surface area contributed by atoms with Crippen LogP contribution in [0, 0.1) is 24.7 Å². The molecule has 0 bridgehead atoms. The zero-order valence-electron chi connectivity index (χ0n) is 20.4. The Balaban J connectivity index is 1.26. The number of aromatic amines is 1. The fraction of sp³-hybridized carbons (Fsp3) is 0.458. The van der Waals surface area contributed by atoms with Crippen LogP contribution in [0.15, 0.2) is 40.4 Å². The molecule has 190 valence electrons. The second-order valence-electron chi connectivity index (χ2n) is 9.17. The second-order valence-corrected chi connectivity index (χ2v) is 9.17. The van der Waals surface area contributed by atoms with E-state index in [9.17, 15) is 0 Å². The van der Waals surface area contributed by atoms with Gasteiger partial charge in [0.2, 0.25) is 5.90 Å². The van der Waals surface area contributed by atoms with Gasteiger partial charge in [0, 0.05) is 37.3 Å². The Morgan fingerprint density at radius 1 is 1.44 bits per heavy atom. The van der Waals surface area contributed by atoms with Crippen molar-refractivity contribution in [2.45, 2.75) is 19.4 Å². The molecule has 4 heterocycles. The molecule has 1 atom stereocenters. The second kappa shape index (κ2) is 9.87. The number of hydrogen-bond acceptors (Lipinski definition) is 9. The highest BCUT2D eigenvalue weighted by molar-refractivity contribution is 5.97. The zero-order chi connectivity index (χ0) is 25.3. The van der Waals surface area contributed by atoms with Gasteiger partial charge in [0.15, 0.2) is 23.1 Å². The van der Waals surface area contributed by atoms with Crippen LogP contribution in [-0.4, -0.2) is 74.0 Å². The molecule has 1 aliphatic carbocycles. The summed E-state index contributed by atoms with van der Waals surface area (Å²) in [5, 5.41) is 2.45. The lowest BCUT2D eigenvalue weighted by molar-refractivity contribution is -0.203. The van der Waals surface area contributed by atoms with Crippen molar-refractivity contribution < 1.29 is 23.4 Å². The summed E-state index contributed by atoms with van der Waals surface area (Å²) in [6.07, 6.45) is 3.28. The Morgan fingerprint density at radius 2 is 2.25 bits per heavy atom. The molecule has 0 saturated carbocycles. The number of methoxy groups -OCH3 is 1. The molecule has 1 spiro atoms. The largest absolute Gasteiger partial charge is 0.493 e. The topological polar surface area (TPSA) is 110 Å². The number of halogens is 1. The third-order valence-electron chi connectivity index (χ3n) is 6.49. The van der Waals surface area contributed by atoms with E-state index in [2.05, 4.69) is 35.7 Å². The van der Waals surface area contributed by atoms with E-state index < -0.39 is 11.9 Å². The van der Waals surface area contributed by atoms with Crippen molar-refractivity contribution in [3.05, 3.63) is 51.8 Å². The van der Waals surface area contributed by atoms with Gasteiger partial charge in [0.25, 0.3) is 6.57 Å². The van der Waals surface area contributed by atoms with Gasteiger partial charge in [-0.15, -0.1) is 5.48 Å². The molecule has 2 aromatic rings. The summed E-state index contributed by atoms with van der Waals surface area (Å²) in [6, 6.07) is 1.12. The highest BCUT2D eigenvalue weighted by Crippen LogP contribution is 2.36. The number of nitrogens with zero attached hydrogens (tertiary/aromatic N) is 4. The van der Waals surface area contributed by atoms with Crippen LogP contribution in [0.4, 0.5) is 4.39 Å². The predicted octanol–water partition coefficient (Wildman–Crippen LogP) is 2.25. The standard InChI is InChI=1S/C24H29FN7O4/c1-14-5-16-21(25)20(8-28-22(16)31-14)35-23(27-3)15-6-18(33-4)19(7-17(15)26-2)36-30-13-29-32-9-24(10-32)11-34-12-24/h2,5-6,8,17,29-30H,7,9-13H2,1,3-4H3,(H,28,31)/q+1. The number of allylic oxidation sites excluding steroid dienone is 1. The number of pyridine rings is 1. The number of H-pyrrole nitrogens is 1. The SMILES string of the molecule is C#[N+]C1CC(ONCNN2CC3(COC3)C2)=C(OC)C=C1C(=NC)Oc1cnc2[nH]c(C)cc2c1F. The van der Waals surface area contributed by atoms with Crippen molar-refractivity contribution in [1.29, 1.82) is 0 Å². The number of aromatic nitrogens is 2. The maximum Gasteiger partial charge on any atom is 0.309 e. The van der Waals surface area contributed by atoms with Gasteiger partial charge in [-0.05, 0) is 13.0 Å². The highest BCUT2D eigenvalue weighted by atomic mass is 19.1. The van der Waals surface area contributed by atoms with Crippen LogP contribution < -0.4 is 15.6 Å². The predicted molar refractivity (Wildman–Crippen MR) is 131 cm³/mol. The Bertz CT molecular complexity index is 1280. The van der Waals surface area contributed by atoms with Crippen molar-refractivity contribution in [2.24, 2.45) is 10.4 Å². The van der Waals surface area contributed by atoms with Crippen LogP contribution in [0.2, 0.25) is 0 Å². The average molecular weight is 499 g/mol. The summed E-state index contributed by atoms with van der Waals surface area (Å²) >= 11 is 0. The van der Waals surface area contributed by atoms with E-state index in [0.717, 1.165) is 32.0 Å². The van der Waals surface area contributed by atoms with Gasteiger partial charge in [0.05, 0.1) is 45.0 Å². The summed E-state index contributed by atoms with van der Waals surface area (Å²) in [5.41, 5.74) is 8.24. The van der Waals surface area contributed by atoms with Gasteiger partial charge < -0.3 is 24.0 Å². The molecule has 3 aliphatic rings. The summed E-state index contributed by atoms with van der Waals surface area (Å²) < 4.78 is 31.7. The quantitative estimate of drug-likeness (QED) is 0.167. The number of fused-ring (bicyclic) bond motifs is 1. The molecular formula is C24H29FN7O4+. The fourth-order valence-corrected chi connectivity index (χ4v) is 4.59. The zero-order valence-corrected chi connectivity index (χ0v) is 20.4. The average Bonchev–Trinajstić information content (AvgIpc) is 3.22. The number of aliphatic imine (C=N–C) groups is 1. The number of hydroxylamine groups is 1. The first-order valence-corrected chi connectivity index (χ1v) is 11.6. The fourth-order valence-electron chi connectivity index (χ4n) is 4.59.